The van der Waals surface area contributed by atoms with E-state index in [0.29, 0.717) is 5.02 Å². The minimum Gasteiger partial charge on any atom is -0.370 e. The second kappa shape index (κ2) is 5.97. The largest absolute Gasteiger partial charge is 0.370 e. The van der Waals surface area contributed by atoms with Gasteiger partial charge >= 0.3 is 0 Å². The van der Waals surface area contributed by atoms with Crippen LogP contribution in [-0.2, 0) is 4.79 Å². The van der Waals surface area contributed by atoms with Crippen LogP contribution >= 0.6 is 11.6 Å². The van der Waals surface area contributed by atoms with Gasteiger partial charge in [0.25, 0.3) is 0 Å². The minimum absolute atomic E-state index is 0.438. The Bertz CT molecular complexity index is 640. The Kier molecular flexibility index (Phi) is 4.30. The number of hydrogen-bond acceptors (Lipinski definition) is 2. The Morgan fingerprint density at radius 1 is 1.20 bits per heavy atom. The van der Waals surface area contributed by atoms with Crippen LogP contribution in [0.15, 0.2) is 42.5 Å². The van der Waals surface area contributed by atoms with Crippen LogP contribution in [0.5, 0.6) is 0 Å². The molecule has 0 radical (unpaired) electrons. The molecule has 0 spiro atoms. The summed E-state index contributed by atoms with van der Waals surface area (Å²) in [6, 6.07) is 12.7. The molecule has 0 aromatic heterocycles. The first kappa shape index (κ1) is 14.4. The number of nitrogens with one attached hydrogen (secondary N) is 1. The second-order valence-corrected chi connectivity index (χ2v) is 5.27. The molecule has 3 N–H and O–H groups in total. The number of rotatable bonds is 4. The van der Waals surface area contributed by atoms with Gasteiger partial charge in [-0.05, 0) is 48.7 Å². The molecule has 0 saturated carbocycles. The zero-order valence-corrected chi connectivity index (χ0v) is 12.2. The molecule has 0 saturated heterocycles. The molecule has 3 nitrogen and oxygen atoms in total. The van der Waals surface area contributed by atoms with E-state index in [2.05, 4.69) is 5.32 Å². The van der Waals surface area contributed by atoms with Gasteiger partial charge in [0.2, 0.25) is 5.91 Å². The van der Waals surface area contributed by atoms with E-state index in [1.165, 1.54) is 0 Å². The highest BCUT2D eigenvalue weighted by atomic mass is 35.5. The topological polar surface area (TPSA) is 55.1 Å². The molecular weight excluding hydrogens is 272 g/mol. The summed E-state index contributed by atoms with van der Waals surface area (Å²) < 4.78 is 0. The van der Waals surface area contributed by atoms with Gasteiger partial charge in [-0.1, -0.05) is 35.9 Å². The Morgan fingerprint density at radius 2 is 1.95 bits per heavy atom. The van der Waals surface area contributed by atoms with E-state index in [4.69, 9.17) is 17.3 Å². The number of halogens is 1. The normalized spacial score (nSPS) is 11.9. The maximum Gasteiger partial charge on any atom is 0.244 e. The van der Waals surface area contributed by atoms with E-state index in [0.717, 1.165) is 22.4 Å². The third kappa shape index (κ3) is 3.31. The van der Waals surface area contributed by atoms with Crippen LogP contribution in [0, 0.1) is 13.8 Å². The third-order valence-electron chi connectivity index (χ3n) is 3.14. The predicted octanol–water partition coefficient (Wildman–Crippen LogP) is 3.60. The maximum atomic E-state index is 11.7. The van der Waals surface area contributed by atoms with Crippen molar-refractivity contribution in [3.8, 4) is 0 Å². The van der Waals surface area contributed by atoms with Crippen LogP contribution in [0.4, 0.5) is 5.69 Å². The lowest BCUT2D eigenvalue weighted by Crippen LogP contribution is -2.27. The number of carbonyl (C=O) groups is 1. The molecular formula is C16H17ClN2O. The lowest BCUT2D eigenvalue weighted by Gasteiger charge is -2.18. The van der Waals surface area contributed by atoms with Gasteiger partial charge in [0.05, 0.1) is 0 Å². The van der Waals surface area contributed by atoms with Gasteiger partial charge in [-0.25, -0.2) is 0 Å². The third-order valence-corrected chi connectivity index (χ3v) is 3.55. The van der Waals surface area contributed by atoms with E-state index < -0.39 is 11.9 Å². The number of hydrogen-bond donors (Lipinski definition) is 2. The molecule has 0 aliphatic carbocycles. The molecule has 1 unspecified atom stereocenters. The Labute approximate surface area is 123 Å². The second-order valence-electron chi connectivity index (χ2n) is 4.86. The predicted molar refractivity (Wildman–Crippen MR) is 82.9 cm³/mol. The first-order chi connectivity index (χ1) is 9.47. The van der Waals surface area contributed by atoms with Crippen LogP contribution in [0.2, 0.25) is 5.02 Å². The van der Waals surface area contributed by atoms with Crippen LogP contribution in [0.3, 0.4) is 0 Å². The molecule has 20 heavy (non-hydrogen) atoms. The molecule has 0 heterocycles. The number of anilines is 1. The zero-order valence-electron chi connectivity index (χ0n) is 11.5. The van der Waals surface area contributed by atoms with Gasteiger partial charge < -0.3 is 11.1 Å². The highest BCUT2D eigenvalue weighted by Crippen LogP contribution is 2.24. The molecule has 4 heteroatoms. The molecule has 2 rings (SSSR count). The van der Waals surface area contributed by atoms with Gasteiger partial charge in [0, 0.05) is 10.7 Å². The number of primary amides is 1. The molecule has 0 aliphatic heterocycles. The van der Waals surface area contributed by atoms with Crippen LogP contribution in [0.1, 0.15) is 22.7 Å². The molecule has 2 aromatic carbocycles. The van der Waals surface area contributed by atoms with Crippen molar-refractivity contribution in [3.05, 3.63) is 64.2 Å². The highest BCUT2D eigenvalue weighted by molar-refractivity contribution is 6.31. The number of benzene rings is 2. The van der Waals surface area contributed by atoms with E-state index in [1.807, 2.05) is 50.2 Å². The van der Waals surface area contributed by atoms with Gasteiger partial charge in [0.15, 0.2) is 0 Å². The lowest BCUT2D eigenvalue weighted by molar-refractivity contribution is -0.118. The fourth-order valence-corrected chi connectivity index (χ4v) is 2.20. The molecule has 0 bridgehead atoms. The summed E-state index contributed by atoms with van der Waals surface area (Å²) in [6.07, 6.45) is 0. The SMILES string of the molecule is Cc1cccc(NC(C(N)=O)c2ccc(C)c(Cl)c2)c1. The smallest absolute Gasteiger partial charge is 0.244 e. The summed E-state index contributed by atoms with van der Waals surface area (Å²) in [5.41, 5.74) is 9.19. The van der Waals surface area contributed by atoms with Crippen LogP contribution < -0.4 is 11.1 Å². The summed E-state index contributed by atoms with van der Waals surface area (Å²) in [7, 11) is 0. The van der Waals surface area contributed by atoms with E-state index in [9.17, 15) is 4.79 Å². The summed E-state index contributed by atoms with van der Waals surface area (Å²) in [5.74, 6) is -0.438. The van der Waals surface area contributed by atoms with Crippen molar-refractivity contribution in [3.63, 3.8) is 0 Å². The van der Waals surface area contributed by atoms with Crippen molar-refractivity contribution in [2.24, 2.45) is 5.73 Å². The van der Waals surface area contributed by atoms with Crippen molar-refractivity contribution >= 4 is 23.2 Å². The molecule has 1 amide bonds. The average Bonchev–Trinajstić information content (AvgIpc) is 2.39. The quantitative estimate of drug-likeness (QED) is 0.903. The average molecular weight is 289 g/mol. The van der Waals surface area contributed by atoms with Crippen molar-refractivity contribution in [2.75, 3.05) is 5.32 Å². The Morgan fingerprint density at radius 3 is 2.55 bits per heavy atom. The summed E-state index contributed by atoms with van der Waals surface area (Å²) >= 11 is 6.11. The zero-order chi connectivity index (χ0) is 14.7. The molecule has 1 atom stereocenters. The highest BCUT2D eigenvalue weighted by Gasteiger charge is 2.18. The fraction of sp³-hybridized carbons (Fsp3) is 0.188. The van der Waals surface area contributed by atoms with Crippen molar-refractivity contribution in [2.45, 2.75) is 19.9 Å². The minimum atomic E-state index is -0.602. The molecule has 2 aromatic rings. The standard InChI is InChI=1S/C16H17ClN2O/c1-10-4-3-5-13(8-10)19-15(16(18)20)12-7-6-11(2)14(17)9-12/h3-9,15,19H,1-2H3,(H2,18,20). The maximum absolute atomic E-state index is 11.7. The summed E-state index contributed by atoms with van der Waals surface area (Å²) in [6.45, 7) is 3.91. The number of nitrogens with two attached hydrogens (primary N) is 1. The van der Waals surface area contributed by atoms with Crippen molar-refractivity contribution in [1.29, 1.82) is 0 Å². The van der Waals surface area contributed by atoms with Crippen molar-refractivity contribution in [1.82, 2.24) is 0 Å². The fourth-order valence-electron chi connectivity index (χ4n) is 2.01. The Balaban J connectivity index is 2.32. The lowest BCUT2D eigenvalue weighted by atomic mass is 10.0. The van der Waals surface area contributed by atoms with Gasteiger partial charge in [-0.3, -0.25) is 4.79 Å². The van der Waals surface area contributed by atoms with Crippen LogP contribution in [0.25, 0.3) is 0 Å². The van der Waals surface area contributed by atoms with E-state index in [1.54, 1.807) is 6.07 Å². The van der Waals surface area contributed by atoms with Crippen molar-refractivity contribution < 1.29 is 4.79 Å². The molecule has 104 valence electrons. The number of aryl methyl sites for hydroxylation is 2. The van der Waals surface area contributed by atoms with Gasteiger partial charge in [-0.2, -0.15) is 0 Å². The van der Waals surface area contributed by atoms with E-state index >= 15 is 0 Å². The Hall–Kier alpha value is -2.00. The molecule has 0 aliphatic rings. The molecule has 0 fully saturated rings. The number of amides is 1. The summed E-state index contributed by atoms with van der Waals surface area (Å²) in [5, 5.41) is 3.77. The van der Waals surface area contributed by atoms with Gasteiger partial charge in [-0.15, -0.1) is 0 Å². The van der Waals surface area contributed by atoms with Gasteiger partial charge in [0.1, 0.15) is 6.04 Å². The summed E-state index contributed by atoms with van der Waals surface area (Å²) in [4.78, 5) is 11.7. The first-order valence-corrected chi connectivity index (χ1v) is 6.74. The first-order valence-electron chi connectivity index (χ1n) is 6.36. The number of carbonyl (C=O) groups excluding carboxylic acids is 1. The van der Waals surface area contributed by atoms with Crippen LogP contribution in [-0.4, -0.2) is 5.91 Å². The monoisotopic (exact) mass is 288 g/mol. The van der Waals surface area contributed by atoms with E-state index in [-0.39, 0.29) is 0 Å².